The molecule has 1 atom stereocenters. The highest BCUT2D eigenvalue weighted by atomic mass is 16.3. The third-order valence-electron chi connectivity index (χ3n) is 0.501. The minimum Gasteiger partial charge on any atom is -0.381 e. The summed E-state index contributed by atoms with van der Waals surface area (Å²) in [7, 11) is 0. The van der Waals surface area contributed by atoms with Crippen LogP contribution < -0.4 is 0 Å². The van der Waals surface area contributed by atoms with Gasteiger partial charge in [0.2, 0.25) is 0 Å². The fourth-order valence-electron chi connectivity index (χ4n) is 0.250. The summed E-state index contributed by atoms with van der Waals surface area (Å²) >= 11 is 0. The molecule has 0 aromatic rings. The van der Waals surface area contributed by atoms with Gasteiger partial charge in [-0.2, -0.15) is 0 Å². The van der Waals surface area contributed by atoms with Crippen LogP contribution in [0.3, 0.4) is 0 Å². The summed E-state index contributed by atoms with van der Waals surface area (Å²) in [4.78, 5) is 0. The first-order chi connectivity index (χ1) is 3.77. The van der Waals surface area contributed by atoms with Crippen molar-refractivity contribution in [2.75, 3.05) is 0 Å². The second kappa shape index (κ2) is 4.24. The lowest BCUT2D eigenvalue weighted by atomic mass is 10.4. The molecule has 8 heavy (non-hydrogen) atoms. The van der Waals surface area contributed by atoms with E-state index in [2.05, 4.69) is 17.8 Å². The SMILES string of the molecule is C#CCC#C[C@H](C)O. The zero-order chi connectivity index (χ0) is 6.41. The van der Waals surface area contributed by atoms with Crippen molar-refractivity contribution in [1.29, 1.82) is 0 Å². The maximum Gasteiger partial charge on any atom is 0.112 e. The fourth-order valence-corrected chi connectivity index (χ4v) is 0.250. The van der Waals surface area contributed by atoms with Gasteiger partial charge in [0.15, 0.2) is 0 Å². The summed E-state index contributed by atoms with van der Waals surface area (Å²) in [5, 5.41) is 8.54. The number of aliphatic hydroxyl groups is 1. The molecule has 0 heterocycles. The minimum absolute atomic E-state index is 0.422. The van der Waals surface area contributed by atoms with Crippen LogP contribution in [0.25, 0.3) is 0 Å². The molecular weight excluding hydrogens is 100 g/mol. The Morgan fingerprint density at radius 3 is 2.75 bits per heavy atom. The first kappa shape index (κ1) is 7.08. The third-order valence-corrected chi connectivity index (χ3v) is 0.501. The molecule has 0 amide bonds. The van der Waals surface area contributed by atoms with Gasteiger partial charge in [0.25, 0.3) is 0 Å². The summed E-state index contributed by atoms with van der Waals surface area (Å²) in [5.74, 6) is 7.45. The molecule has 1 N–H and O–H groups in total. The van der Waals surface area contributed by atoms with Crippen LogP contribution in [0.5, 0.6) is 0 Å². The molecule has 0 saturated heterocycles. The van der Waals surface area contributed by atoms with Crippen molar-refractivity contribution in [2.24, 2.45) is 0 Å². The molecule has 0 saturated carbocycles. The van der Waals surface area contributed by atoms with Crippen molar-refractivity contribution in [3.63, 3.8) is 0 Å². The van der Waals surface area contributed by atoms with Gasteiger partial charge >= 0.3 is 0 Å². The molecule has 42 valence electrons. The molecule has 0 bridgehead atoms. The number of terminal acetylenes is 1. The Hall–Kier alpha value is -0.920. The summed E-state index contributed by atoms with van der Waals surface area (Å²) < 4.78 is 0. The van der Waals surface area contributed by atoms with E-state index in [1.807, 2.05) is 0 Å². The number of hydrogen-bond acceptors (Lipinski definition) is 1. The Morgan fingerprint density at radius 2 is 2.38 bits per heavy atom. The van der Waals surface area contributed by atoms with Crippen LogP contribution in [-0.2, 0) is 0 Å². The molecule has 0 aliphatic carbocycles. The van der Waals surface area contributed by atoms with Crippen LogP contribution in [0, 0.1) is 24.2 Å². The van der Waals surface area contributed by atoms with E-state index < -0.39 is 6.10 Å². The highest BCUT2D eigenvalue weighted by Crippen LogP contribution is 1.74. The van der Waals surface area contributed by atoms with E-state index >= 15 is 0 Å². The Morgan fingerprint density at radius 1 is 1.75 bits per heavy atom. The van der Waals surface area contributed by atoms with Gasteiger partial charge in [-0.25, -0.2) is 0 Å². The van der Waals surface area contributed by atoms with Gasteiger partial charge in [-0.1, -0.05) is 17.8 Å². The lowest BCUT2D eigenvalue weighted by Crippen LogP contribution is -1.91. The quantitative estimate of drug-likeness (QED) is 0.445. The summed E-state index contributed by atoms with van der Waals surface area (Å²) in [6, 6.07) is 0. The first-order valence-corrected chi connectivity index (χ1v) is 2.37. The maximum atomic E-state index is 8.54. The van der Waals surface area contributed by atoms with Crippen molar-refractivity contribution in [3.05, 3.63) is 0 Å². The van der Waals surface area contributed by atoms with Crippen LogP contribution >= 0.6 is 0 Å². The zero-order valence-electron chi connectivity index (χ0n) is 4.81. The third kappa shape index (κ3) is 5.08. The topological polar surface area (TPSA) is 20.2 Å². The molecule has 0 aromatic carbocycles. The molecule has 0 aromatic heterocycles. The van der Waals surface area contributed by atoms with Crippen molar-refractivity contribution in [1.82, 2.24) is 0 Å². The van der Waals surface area contributed by atoms with Gasteiger partial charge in [-0.15, -0.1) is 6.42 Å². The average Bonchev–Trinajstić information content (AvgIpc) is 1.66. The summed E-state index contributed by atoms with van der Waals surface area (Å²) in [6.45, 7) is 1.60. The van der Waals surface area contributed by atoms with E-state index in [1.165, 1.54) is 0 Å². The molecule has 0 aliphatic rings. The van der Waals surface area contributed by atoms with Crippen molar-refractivity contribution < 1.29 is 5.11 Å². The fraction of sp³-hybridized carbons (Fsp3) is 0.429. The smallest absolute Gasteiger partial charge is 0.112 e. The van der Waals surface area contributed by atoms with Gasteiger partial charge in [-0.05, 0) is 6.92 Å². The molecule has 0 spiro atoms. The number of aliphatic hydroxyl groups excluding tert-OH is 1. The predicted octanol–water partition coefficient (Wildman–Crippen LogP) is 0.394. The van der Waals surface area contributed by atoms with Gasteiger partial charge in [0.1, 0.15) is 6.10 Å². The van der Waals surface area contributed by atoms with Crippen molar-refractivity contribution in [3.8, 4) is 24.2 Å². The normalized spacial score (nSPS) is 10.6. The predicted molar refractivity (Wildman–Crippen MR) is 32.9 cm³/mol. The van der Waals surface area contributed by atoms with Crippen molar-refractivity contribution >= 4 is 0 Å². The Balaban J connectivity index is 3.39. The van der Waals surface area contributed by atoms with Crippen LogP contribution in [-0.4, -0.2) is 11.2 Å². The van der Waals surface area contributed by atoms with E-state index in [4.69, 9.17) is 11.5 Å². The first-order valence-electron chi connectivity index (χ1n) is 2.37. The number of rotatable bonds is 0. The second-order valence-corrected chi connectivity index (χ2v) is 1.38. The van der Waals surface area contributed by atoms with Crippen LogP contribution in [0.15, 0.2) is 0 Å². The average molecular weight is 108 g/mol. The highest BCUT2D eigenvalue weighted by molar-refractivity contribution is 5.09. The second-order valence-electron chi connectivity index (χ2n) is 1.38. The van der Waals surface area contributed by atoms with E-state index in [-0.39, 0.29) is 0 Å². The zero-order valence-corrected chi connectivity index (χ0v) is 4.81. The Kier molecular flexibility index (Phi) is 3.76. The standard InChI is InChI=1S/C7H8O/c1-3-4-5-6-7(2)8/h1,7-8H,4H2,2H3/t7-/m0/s1. The van der Waals surface area contributed by atoms with Gasteiger partial charge < -0.3 is 5.11 Å². The molecule has 1 nitrogen and oxygen atoms in total. The summed E-state index contributed by atoms with van der Waals surface area (Å²) in [6.07, 6.45) is 4.75. The van der Waals surface area contributed by atoms with Crippen molar-refractivity contribution in [2.45, 2.75) is 19.4 Å². The molecule has 0 fully saturated rings. The van der Waals surface area contributed by atoms with E-state index in [1.54, 1.807) is 6.92 Å². The van der Waals surface area contributed by atoms with Crippen LogP contribution in [0.4, 0.5) is 0 Å². The van der Waals surface area contributed by atoms with E-state index in [9.17, 15) is 0 Å². The lowest BCUT2D eigenvalue weighted by molar-refractivity contribution is 0.253. The Labute approximate surface area is 49.7 Å². The highest BCUT2D eigenvalue weighted by Gasteiger charge is 1.79. The molecule has 0 unspecified atom stereocenters. The van der Waals surface area contributed by atoms with E-state index in [0.717, 1.165) is 0 Å². The van der Waals surface area contributed by atoms with E-state index in [0.29, 0.717) is 6.42 Å². The number of hydrogen-bond donors (Lipinski definition) is 1. The van der Waals surface area contributed by atoms with Crippen LogP contribution in [0.2, 0.25) is 0 Å². The molecule has 0 radical (unpaired) electrons. The van der Waals surface area contributed by atoms with Gasteiger partial charge in [-0.3, -0.25) is 0 Å². The molecular formula is C7H8O. The molecule has 0 rings (SSSR count). The van der Waals surface area contributed by atoms with Crippen LogP contribution in [0.1, 0.15) is 13.3 Å². The summed E-state index contributed by atoms with van der Waals surface area (Å²) in [5.41, 5.74) is 0. The molecule has 1 heteroatoms. The lowest BCUT2D eigenvalue weighted by Gasteiger charge is -1.83. The minimum atomic E-state index is -0.552. The Bertz CT molecular complexity index is 140. The maximum absolute atomic E-state index is 8.54. The molecule has 0 aliphatic heterocycles. The van der Waals surface area contributed by atoms with Gasteiger partial charge in [0.05, 0.1) is 6.42 Å². The van der Waals surface area contributed by atoms with Gasteiger partial charge in [0, 0.05) is 0 Å². The monoisotopic (exact) mass is 108 g/mol. The largest absolute Gasteiger partial charge is 0.381 e.